The Bertz CT molecular complexity index is 695. The van der Waals surface area contributed by atoms with Crippen molar-refractivity contribution in [1.29, 1.82) is 0 Å². The van der Waals surface area contributed by atoms with Gasteiger partial charge in [-0.15, -0.1) is 0 Å². The number of nitrogens with two attached hydrogens (primary N) is 1. The average Bonchev–Trinajstić information content (AvgIpc) is 2.98. The molecule has 2 atom stereocenters. The lowest BCUT2D eigenvalue weighted by Crippen LogP contribution is -2.33. The predicted octanol–water partition coefficient (Wildman–Crippen LogP) is 9.94. The first-order chi connectivity index (χ1) is 21.5. The summed E-state index contributed by atoms with van der Waals surface area (Å²) in [6.45, 7) is 15.2. The minimum absolute atomic E-state index is 0.0455. The average molecular weight is 643 g/mol. The molecule has 8 nitrogen and oxygen atoms in total. The van der Waals surface area contributed by atoms with Gasteiger partial charge in [0.15, 0.2) is 0 Å². The summed E-state index contributed by atoms with van der Waals surface area (Å²) in [5.41, 5.74) is 4.83. The van der Waals surface area contributed by atoms with Crippen LogP contribution in [0.5, 0.6) is 0 Å². The molecule has 0 aromatic carbocycles. The molecule has 2 unspecified atom stereocenters. The molecule has 0 saturated carbocycles. The van der Waals surface area contributed by atoms with Crippen molar-refractivity contribution in [2.45, 2.75) is 208 Å². The standard InChI is InChI=1S/C25H49NO4.C12H25NO2/c1-6-8-10-12-14-16-19-22(18-15-13-11-9-7-2)29-23(27)20-17-21-26-24(28)30-25(3,4)5;1-3-5-8-11(7-4-2)15-12(14)9-6-10-13/h22H,6-21H2,1-5H3,(H,26,28);11H,3-10,13H2,1-2H3. The third-order valence-corrected chi connectivity index (χ3v) is 7.41. The summed E-state index contributed by atoms with van der Waals surface area (Å²) in [4.78, 5) is 35.3. The minimum atomic E-state index is -0.510. The van der Waals surface area contributed by atoms with Crippen LogP contribution in [0, 0.1) is 0 Å². The van der Waals surface area contributed by atoms with E-state index in [9.17, 15) is 14.4 Å². The summed E-state index contributed by atoms with van der Waals surface area (Å²) in [7, 11) is 0. The van der Waals surface area contributed by atoms with E-state index in [-0.39, 0.29) is 24.1 Å². The van der Waals surface area contributed by atoms with Crippen LogP contribution < -0.4 is 11.1 Å². The van der Waals surface area contributed by atoms with Crippen molar-refractivity contribution in [2.75, 3.05) is 13.1 Å². The maximum atomic E-state index is 12.3. The Morgan fingerprint density at radius 1 is 0.578 bits per heavy atom. The van der Waals surface area contributed by atoms with Crippen molar-refractivity contribution < 1.29 is 28.6 Å². The number of nitrogens with one attached hydrogen (secondary N) is 1. The number of hydrogen-bond donors (Lipinski definition) is 2. The summed E-state index contributed by atoms with van der Waals surface area (Å²) in [6, 6.07) is 0. The zero-order valence-corrected chi connectivity index (χ0v) is 30.7. The third kappa shape index (κ3) is 34.9. The van der Waals surface area contributed by atoms with Crippen LogP contribution in [0.2, 0.25) is 0 Å². The summed E-state index contributed by atoms with van der Waals surface area (Å²) in [5.74, 6) is -0.236. The van der Waals surface area contributed by atoms with E-state index < -0.39 is 11.7 Å². The lowest BCUT2D eigenvalue weighted by Gasteiger charge is -2.20. The van der Waals surface area contributed by atoms with Gasteiger partial charge in [-0.3, -0.25) is 9.59 Å². The van der Waals surface area contributed by atoms with Gasteiger partial charge in [0.2, 0.25) is 0 Å². The zero-order valence-electron chi connectivity index (χ0n) is 30.7. The third-order valence-electron chi connectivity index (χ3n) is 7.41. The van der Waals surface area contributed by atoms with Crippen LogP contribution in [0.15, 0.2) is 0 Å². The summed E-state index contributed by atoms with van der Waals surface area (Å²) >= 11 is 0. The van der Waals surface area contributed by atoms with Crippen molar-refractivity contribution in [3.05, 3.63) is 0 Å². The lowest BCUT2D eigenvalue weighted by molar-refractivity contribution is -0.150. The quantitative estimate of drug-likeness (QED) is 0.0520. The van der Waals surface area contributed by atoms with Crippen molar-refractivity contribution in [3.63, 3.8) is 0 Å². The largest absolute Gasteiger partial charge is 0.462 e. The van der Waals surface area contributed by atoms with Crippen molar-refractivity contribution >= 4 is 18.0 Å². The number of rotatable bonds is 27. The Balaban J connectivity index is 0. The molecule has 0 bridgehead atoms. The van der Waals surface area contributed by atoms with Crippen LogP contribution in [-0.4, -0.2) is 48.9 Å². The molecule has 0 saturated heterocycles. The molecule has 0 fully saturated rings. The van der Waals surface area contributed by atoms with Gasteiger partial charge in [-0.1, -0.05) is 105 Å². The molecular weight excluding hydrogens is 568 g/mol. The molecule has 0 heterocycles. The van der Waals surface area contributed by atoms with Gasteiger partial charge in [0.1, 0.15) is 17.8 Å². The van der Waals surface area contributed by atoms with Gasteiger partial charge >= 0.3 is 18.0 Å². The summed E-state index contributed by atoms with van der Waals surface area (Å²) in [6.07, 6.45) is 22.8. The van der Waals surface area contributed by atoms with Gasteiger partial charge in [0, 0.05) is 19.4 Å². The molecule has 0 rings (SSSR count). The second-order valence-corrected chi connectivity index (χ2v) is 13.3. The topological polar surface area (TPSA) is 117 Å². The second kappa shape index (κ2) is 32.1. The minimum Gasteiger partial charge on any atom is -0.462 e. The van der Waals surface area contributed by atoms with E-state index >= 15 is 0 Å². The Kier molecular flexibility index (Phi) is 32.3. The van der Waals surface area contributed by atoms with Gasteiger partial charge in [0.05, 0.1) is 0 Å². The van der Waals surface area contributed by atoms with E-state index in [1.54, 1.807) is 0 Å². The van der Waals surface area contributed by atoms with Crippen molar-refractivity contribution in [2.24, 2.45) is 5.73 Å². The fraction of sp³-hybridized carbons (Fsp3) is 0.919. The van der Waals surface area contributed by atoms with Crippen LogP contribution >= 0.6 is 0 Å². The molecule has 0 radical (unpaired) electrons. The van der Waals surface area contributed by atoms with Gasteiger partial charge in [-0.25, -0.2) is 4.79 Å². The second-order valence-electron chi connectivity index (χ2n) is 13.3. The molecule has 0 aliphatic heterocycles. The van der Waals surface area contributed by atoms with Crippen molar-refractivity contribution in [3.8, 4) is 0 Å². The maximum absolute atomic E-state index is 12.3. The molecular formula is C37H74N2O6. The van der Waals surface area contributed by atoms with Gasteiger partial charge in [-0.05, 0) is 78.7 Å². The first-order valence-electron chi connectivity index (χ1n) is 18.6. The molecule has 0 aliphatic carbocycles. The Morgan fingerprint density at radius 3 is 1.49 bits per heavy atom. The number of unbranched alkanes of at least 4 members (excludes halogenated alkanes) is 10. The van der Waals surface area contributed by atoms with E-state index in [1.807, 2.05) is 20.8 Å². The molecule has 0 aliphatic rings. The fourth-order valence-corrected chi connectivity index (χ4v) is 4.88. The number of esters is 2. The highest BCUT2D eigenvalue weighted by Crippen LogP contribution is 2.18. The molecule has 0 aromatic rings. The number of carbonyl (C=O) groups excluding carboxylic acids is 3. The molecule has 0 spiro atoms. The fourth-order valence-electron chi connectivity index (χ4n) is 4.88. The zero-order chi connectivity index (χ0) is 34.2. The number of hydrogen-bond acceptors (Lipinski definition) is 7. The van der Waals surface area contributed by atoms with E-state index in [0.29, 0.717) is 32.4 Å². The first kappa shape index (κ1) is 45.3. The summed E-state index contributed by atoms with van der Waals surface area (Å²) in [5, 5.41) is 2.69. The Labute approximate surface area is 278 Å². The molecule has 268 valence electrons. The number of amides is 1. The molecule has 8 heteroatoms. The van der Waals surface area contributed by atoms with Crippen LogP contribution in [-0.2, 0) is 23.8 Å². The number of ether oxygens (including phenoxy) is 3. The molecule has 45 heavy (non-hydrogen) atoms. The highest BCUT2D eigenvalue weighted by Gasteiger charge is 2.17. The Morgan fingerprint density at radius 2 is 1.02 bits per heavy atom. The van der Waals surface area contributed by atoms with Gasteiger partial charge < -0.3 is 25.3 Å². The number of carbonyl (C=O) groups is 3. The van der Waals surface area contributed by atoms with E-state index in [4.69, 9.17) is 19.9 Å². The highest BCUT2D eigenvalue weighted by molar-refractivity contribution is 5.70. The number of alkyl carbamates (subject to hydrolysis) is 1. The molecule has 1 amide bonds. The first-order valence-corrected chi connectivity index (χ1v) is 18.6. The van der Waals surface area contributed by atoms with Crippen molar-refractivity contribution in [1.82, 2.24) is 5.32 Å². The van der Waals surface area contributed by atoms with Gasteiger partial charge in [-0.2, -0.15) is 0 Å². The van der Waals surface area contributed by atoms with Crippen LogP contribution in [0.1, 0.15) is 190 Å². The van der Waals surface area contributed by atoms with Gasteiger partial charge in [0.25, 0.3) is 0 Å². The van der Waals surface area contributed by atoms with Crippen LogP contribution in [0.4, 0.5) is 4.79 Å². The lowest BCUT2D eigenvalue weighted by atomic mass is 10.0. The molecule has 3 N–H and O–H groups in total. The maximum Gasteiger partial charge on any atom is 0.407 e. The Hall–Kier alpha value is -1.83. The smallest absolute Gasteiger partial charge is 0.407 e. The van der Waals surface area contributed by atoms with E-state index in [2.05, 4.69) is 33.0 Å². The monoisotopic (exact) mass is 643 g/mol. The van der Waals surface area contributed by atoms with Crippen LogP contribution in [0.25, 0.3) is 0 Å². The highest BCUT2D eigenvalue weighted by atomic mass is 16.6. The van der Waals surface area contributed by atoms with E-state index in [1.165, 1.54) is 57.8 Å². The summed E-state index contributed by atoms with van der Waals surface area (Å²) < 4.78 is 16.4. The molecule has 0 aromatic heterocycles. The normalized spacial score (nSPS) is 12.4. The van der Waals surface area contributed by atoms with Crippen LogP contribution in [0.3, 0.4) is 0 Å². The SMILES string of the molecule is CCCCC(CCC)OC(=O)CCCN.CCCCCCCCC(CCCCCCC)OC(=O)CCCNC(=O)OC(C)(C)C. The van der Waals surface area contributed by atoms with E-state index in [0.717, 1.165) is 64.2 Å². The predicted molar refractivity (Wildman–Crippen MR) is 187 cm³/mol.